The van der Waals surface area contributed by atoms with Crippen LogP contribution in [0, 0.1) is 6.92 Å². The zero-order valence-corrected chi connectivity index (χ0v) is 13.3. The number of hydrogen-bond acceptors (Lipinski definition) is 3. The molecule has 1 aromatic heterocycles. The number of pyridine rings is 1. The number of fused-ring (bicyclic) bond motifs is 1. The summed E-state index contributed by atoms with van der Waals surface area (Å²) in [6.07, 6.45) is 4.01. The molecule has 0 bridgehead atoms. The Morgan fingerprint density at radius 2 is 2.10 bits per heavy atom. The molecule has 1 unspecified atom stereocenters. The maximum absolute atomic E-state index is 5.94. The van der Waals surface area contributed by atoms with Gasteiger partial charge in [0.05, 0.1) is 16.4 Å². The van der Waals surface area contributed by atoms with Gasteiger partial charge in [-0.05, 0) is 59.8 Å². The van der Waals surface area contributed by atoms with Crippen molar-refractivity contribution >= 4 is 33.1 Å². The number of aromatic nitrogens is 1. The second-order valence-electron chi connectivity index (χ2n) is 5.36. The number of nitrogens with two attached hydrogens (primary N) is 1. The van der Waals surface area contributed by atoms with Crippen molar-refractivity contribution in [1.29, 1.82) is 0 Å². The second kappa shape index (κ2) is 5.09. The molecule has 0 saturated carbocycles. The summed E-state index contributed by atoms with van der Waals surface area (Å²) in [5, 5.41) is 0. The molecule has 1 aliphatic rings. The van der Waals surface area contributed by atoms with Crippen molar-refractivity contribution in [3.63, 3.8) is 0 Å². The fourth-order valence-electron chi connectivity index (χ4n) is 2.76. The summed E-state index contributed by atoms with van der Waals surface area (Å²) in [7, 11) is 0. The summed E-state index contributed by atoms with van der Waals surface area (Å²) < 4.78 is 0.987. The van der Waals surface area contributed by atoms with Crippen molar-refractivity contribution in [3.05, 3.63) is 46.1 Å². The minimum atomic E-state index is 0.428. The van der Waals surface area contributed by atoms with Crippen LogP contribution in [-0.4, -0.2) is 11.0 Å². The second-order valence-corrected chi connectivity index (χ2v) is 6.16. The van der Waals surface area contributed by atoms with Gasteiger partial charge in [-0.25, -0.2) is 4.98 Å². The fraction of sp³-hybridized carbons (Fsp3) is 0.312. The number of nitrogen functional groups attached to an aromatic ring is 1. The van der Waals surface area contributed by atoms with Gasteiger partial charge in [-0.1, -0.05) is 18.2 Å². The van der Waals surface area contributed by atoms with Crippen LogP contribution in [0.5, 0.6) is 0 Å². The Hall–Kier alpha value is -1.55. The van der Waals surface area contributed by atoms with Crippen molar-refractivity contribution in [2.75, 3.05) is 10.6 Å². The molecule has 3 rings (SSSR count). The minimum Gasteiger partial charge on any atom is -0.397 e. The molecule has 104 valence electrons. The Balaban J connectivity index is 2.17. The van der Waals surface area contributed by atoms with E-state index < -0.39 is 0 Å². The van der Waals surface area contributed by atoms with Crippen LogP contribution in [0.4, 0.5) is 17.2 Å². The van der Waals surface area contributed by atoms with Crippen molar-refractivity contribution in [2.45, 2.75) is 32.7 Å². The van der Waals surface area contributed by atoms with Gasteiger partial charge in [0.25, 0.3) is 0 Å². The van der Waals surface area contributed by atoms with Gasteiger partial charge in [0.15, 0.2) is 0 Å². The number of halogens is 1. The third-order valence-electron chi connectivity index (χ3n) is 4.04. The Morgan fingerprint density at radius 3 is 2.90 bits per heavy atom. The summed E-state index contributed by atoms with van der Waals surface area (Å²) in [6, 6.07) is 8.99. The highest BCUT2D eigenvalue weighted by molar-refractivity contribution is 9.10. The van der Waals surface area contributed by atoms with Crippen LogP contribution < -0.4 is 10.6 Å². The van der Waals surface area contributed by atoms with E-state index in [0.717, 1.165) is 34.4 Å². The number of hydrogen-bond donors (Lipinski definition) is 1. The van der Waals surface area contributed by atoms with Crippen LogP contribution in [0.25, 0.3) is 0 Å². The lowest BCUT2D eigenvalue weighted by Gasteiger charge is -2.37. The van der Waals surface area contributed by atoms with Gasteiger partial charge in [-0.15, -0.1) is 0 Å². The lowest BCUT2D eigenvalue weighted by atomic mass is 9.96. The van der Waals surface area contributed by atoms with Crippen LogP contribution >= 0.6 is 15.9 Å². The van der Waals surface area contributed by atoms with Gasteiger partial charge in [0, 0.05) is 11.7 Å². The van der Waals surface area contributed by atoms with Gasteiger partial charge in [0.2, 0.25) is 0 Å². The van der Waals surface area contributed by atoms with E-state index in [4.69, 9.17) is 5.73 Å². The number of para-hydroxylation sites is 1. The smallest absolute Gasteiger partial charge is 0.147 e. The number of benzene rings is 1. The van der Waals surface area contributed by atoms with Crippen molar-refractivity contribution in [3.8, 4) is 0 Å². The van der Waals surface area contributed by atoms with E-state index in [1.807, 2.05) is 6.92 Å². The van der Waals surface area contributed by atoms with Gasteiger partial charge >= 0.3 is 0 Å². The predicted molar refractivity (Wildman–Crippen MR) is 87.5 cm³/mol. The molecule has 20 heavy (non-hydrogen) atoms. The molecule has 3 nitrogen and oxygen atoms in total. The third-order valence-corrected chi connectivity index (χ3v) is 4.99. The Morgan fingerprint density at radius 1 is 1.35 bits per heavy atom. The highest BCUT2D eigenvalue weighted by Crippen LogP contribution is 2.40. The number of rotatable bonds is 1. The minimum absolute atomic E-state index is 0.428. The van der Waals surface area contributed by atoms with Crippen LogP contribution in [0.2, 0.25) is 0 Å². The van der Waals surface area contributed by atoms with Crippen LogP contribution in [0.3, 0.4) is 0 Å². The van der Waals surface area contributed by atoms with Gasteiger partial charge in [-0.2, -0.15) is 0 Å². The zero-order valence-electron chi connectivity index (χ0n) is 11.7. The summed E-state index contributed by atoms with van der Waals surface area (Å²) in [5.41, 5.74) is 10.3. The zero-order chi connectivity index (χ0) is 14.3. The summed E-state index contributed by atoms with van der Waals surface area (Å²) in [4.78, 5) is 6.88. The average molecular weight is 332 g/mol. The Labute approximate surface area is 127 Å². The quantitative estimate of drug-likeness (QED) is 0.851. The van der Waals surface area contributed by atoms with E-state index in [-0.39, 0.29) is 0 Å². The Bertz CT molecular complexity index is 654. The SMILES string of the molecule is Cc1c(N)cnc(N2c3ccccc3CCC2C)c1Br. The number of aryl methyl sites for hydroxylation is 1. The monoisotopic (exact) mass is 331 g/mol. The van der Waals surface area contributed by atoms with Gasteiger partial charge in [0.1, 0.15) is 5.82 Å². The third kappa shape index (κ3) is 2.08. The molecule has 2 N–H and O–H groups in total. The van der Waals surface area contributed by atoms with Crippen molar-refractivity contribution in [1.82, 2.24) is 4.98 Å². The lowest BCUT2D eigenvalue weighted by molar-refractivity contribution is 0.612. The van der Waals surface area contributed by atoms with E-state index in [0.29, 0.717) is 6.04 Å². The van der Waals surface area contributed by atoms with Gasteiger partial charge < -0.3 is 10.6 Å². The molecular formula is C16H18BrN3. The van der Waals surface area contributed by atoms with Crippen LogP contribution in [0.1, 0.15) is 24.5 Å². The van der Waals surface area contributed by atoms with E-state index in [9.17, 15) is 0 Å². The molecule has 1 aromatic carbocycles. The van der Waals surface area contributed by atoms with E-state index in [1.165, 1.54) is 11.3 Å². The van der Waals surface area contributed by atoms with E-state index >= 15 is 0 Å². The highest BCUT2D eigenvalue weighted by atomic mass is 79.9. The first-order valence-electron chi connectivity index (χ1n) is 6.87. The lowest BCUT2D eigenvalue weighted by Crippen LogP contribution is -2.34. The molecular weight excluding hydrogens is 314 g/mol. The van der Waals surface area contributed by atoms with Crippen LogP contribution in [0.15, 0.2) is 34.9 Å². The number of nitrogens with zero attached hydrogens (tertiary/aromatic N) is 2. The van der Waals surface area contributed by atoms with E-state index in [1.54, 1.807) is 6.20 Å². The highest BCUT2D eigenvalue weighted by Gasteiger charge is 2.27. The Kier molecular flexibility index (Phi) is 3.42. The normalized spacial score (nSPS) is 17.9. The molecule has 0 aliphatic carbocycles. The first kappa shape index (κ1) is 13.4. The molecule has 1 atom stereocenters. The number of anilines is 3. The molecule has 4 heteroatoms. The first-order chi connectivity index (χ1) is 9.59. The molecule has 0 fully saturated rings. The molecule has 0 amide bonds. The van der Waals surface area contributed by atoms with Gasteiger partial charge in [-0.3, -0.25) is 0 Å². The maximum atomic E-state index is 5.94. The van der Waals surface area contributed by atoms with Crippen molar-refractivity contribution in [2.24, 2.45) is 0 Å². The van der Waals surface area contributed by atoms with E-state index in [2.05, 4.69) is 57.0 Å². The fourth-order valence-corrected chi connectivity index (χ4v) is 3.28. The molecule has 2 heterocycles. The predicted octanol–water partition coefficient (Wildman–Crippen LogP) is 4.21. The summed E-state index contributed by atoms with van der Waals surface area (Å²) >= 11 is 3.66. The maximum Gasteiger partial charge on any atom is 0.147 e. The molecule has 0 radical (unpaired) electrons. The van der Waals surface area contributed by atoms with Crippen LogP contribution in [-0.2, 0) is 6.42 Å². The summed E-state index contributed by atoms with van der Waals surface area (Å²) in [6.45, 7) is 4.26. The topological polar surface area (TPSA) is 42.1 Å². The molecule has 0 spiro atoms. The average Bonchev–Trinajstić information content (AvgIpc) is 2.46. The first-order valence-corrected chi connectivity index (χ1v) is 7.66. The molecule has 0 saturated heterocycles. The van der Waals surface area contributed by atoms with Crippen molar-refractivity contribution < 1.29 is 0 Å². The largest absolute Gasteiger partial charge is 0.397 e. The standard InChI is InChI=1S/C16H18BrN3/c1-10-7-8-12-5-3-4-6-14(12)20(10)16-15(17)11(2)13(18)9-19-16/h3-6,9-10H,7-8,18H2,1-2H3. The molecule has 2 aromatic rings. The summed E-state index contributed by atoms with van der Waals surface area (Å²) in [5.74, 6) is 0.955. The molecule has 1 aliphatic heterocycles.